The third-order valence-corrected chi connectivity index (χ3v) is 3.84. The Hall–Kier alpha value is -0.960. The van der Waals surface area contributed by atoms with E-state index in [1.54, 1.807) is 6.07 Å². The number of halogens is 2. The van der Waals surface area contributed by atoms with Crippen molar-refractivity contribution in [3.8, 4) is 11.3 Å². The molecule has 4 heteroatoms. The van der Waals surface area contributed by atoms with Crippen molar-refractivity contribution in [2.75, 3.05) is 0 Å². The molecule has 0 aliphatic heterocycles. The van der Waals surface area contributed by atoms with Crippen LogP contribution in [0, 0.1) is 0 Å². The van der Waals surface area contributed by atoms with Crippen molar-refractivity contribution in [1.29, 1.82) is 0 Å². The summed E-state index contributed by atoms with van der Waals surface area (Å²) in [5, 5.41) is 4.49. The number of benzene rings is 1. The minimum absolute atomic E-state index is 0.537. The molecule has 0 amide bonds. The summed E-state index contributed by atoms with van der Waals surface area (Å²) < 4.78 is 5.78. The van der Waals surface area contributed by atoms with Gasteiger partial charge < -0.3 is 9.73 Å². The highest BCUT2D eigenvalue weighted by Gasteiger charge is 2.20. The van der Waals surface area contributed by atoms with E-state index in [0.29, 0.717) is 16.1 Å². The normalized spacial score (nSPS) is 15.0. The first-order valence-electron chi connectivity index (χ1n) is 6.00. The lowest BCUT2D eigenvalue weighted by Gasteiger charge is -2.03. The molecule has 1 aromatic heterocycles. The van der Waals surface area contributed by atoms with E-state index in [9.17, 15) is 0 Å². The smallest absolute Gasteiger partial charge is 0.135 e. The van der Waals surface area contributed by atoms with Crippen molar-refractivity contribution in [1.82, 2.24) is 5.32 Å². The number of furan rings is 1. The van der Waals surface area contributed by atoms with E-state index in [-0.39, 0.29) is 0 Å². The molecule has 1 fully saturated rings. The predicted molar refractivity (Wildman–Crippen MR) is 74.0 cm³/mol. The number of nitrogens with one attached hydrogen (secondary N) is 1. The molecule has 1 aliphatic carbocycles. The van der Waals surface area contributed by atoms with Gasteiger partial charge in [-0.1, -0.05) is 29.3 Å². The fourth-order valence-corrected chi connectivity index (χ4v) is 2.24. The van der Waals surface area contributed by atoms with Crippen molar-refractivity contribution in [3.05, 3.63) is 46.1 Å². The molecule has 94 valence electrons. The lowest BCUT2D eigenvalue weighted by atomic mass is 10.2. The Bertz CT molecular complexity index is 561. The molecule has 0 radical (unpaired) electrons. The van der Waals surface area contributed by atoms with Crippen molar-refractivity contribution in [2.45, 2.75) is 25.4 Å². The van der Waals surface area contributed by atoms with Gasteiger partial charge in [-0.3, -0.25) is 0 Å². The van der Waals surface area contributed by atoms with Gasteiger partial charge >= 0.3 is 0 Å². The van der Waals surface area contributed by atoms with Gasteiger partial charge in [0.25, 0.3) is 0 Å². The fourth-order valence-electron chi connectivity index (χ4n) is 1.84. The first-order chi connectivity index (χ1) is 8.74. The van der Waals surface area contributed by atoms with Crippen LogP contribution in [-0.4, -0.2) is 6.04 Å². The first-order valence-corrected chi connectivity index (χ1v) is 6.76. The second-order valence-corrected chi connectivity index (χ2v) is 5.31. The molecule has 1 heterocycles. The summed E-state index contributed by atoms with van der Waals surface area (Å²) in [4.78, 5) is 0. The van der Waals surface area contributed by atoms with Gasteiger partial charge in [-0.2, -0.15) is 0 Å². The molecule has 3 rings (SSSR count). The van der Waals surface area contributed by atoms with Crippen LogP contribution in [0.5, 0.6) is 0 Å². The predicted octanol–water partition coefficient (Wildman–Crippen LogP) is 4.51. The molecule has 2 aromatic rings. The fraction of sp³-hybridized carbons (Fsp3) is 0.286. The van der Waals surface area contributed by atoms with Gasteiger partial charge in [-0.15, -0.1) is 0 Å². The van der Waals surface area contributed by atoms with Gasteiger partial charge in [0, 0.05) is 11.6 Å². The SMILES string of the molecule is Clc1cccc(-c2ccc(CNC3CC3)o2)c1Cl. The van der Waals surface area contributed by atoms with E-state index in [1.165, 1.54) is 12.8 Å². The summed E-state index contributed by atoms with van der Waals surface area (Å²) in [5.74, 6) is 1.68. The quantitative estimate of drug-likeness (QED) is 0.892. The average Bonchev–Trinajstić information content (AvgIpc) is 3.08. The average molecular weight is 282 g/mol. The Kier molecular flexibility index (Phi) is 3.33. The largest absolute Gasteiger partial charge is 0.460 e. The summed E-state index contributed by atoms with van der Waals surface area (Å²) in [6.07, 6.45) is 2.54. The Morgan fingerprint density at radius 1 is 1.17 bits per heavy atom. The molecule has 1 aliphatic rings. The summed E-state index contributed by atoms with van der Waals surface area (Å²) in [7, 11) is 0. The van der Waals surface area contributed by atoms with E-state index < -0.39 is 0 Å². The molecule has 0 unspecified atom stereocenters. The van der Waals surface area contributed by atoms with Crippen LogP contribution in [0.25, 0.3) is 11.3 Å². The maximum absolute atomic E-state index is 6.17. The molecular formula is C14H13Cl2NO. The molecule has 0 spiro atoms. The summed E-state index contributed by atoms with van der Waals surface area (Å²) in [5.41, 5.74) is 0.835. The Balaban J connectivity index is 1.80. The minimum Gasteiger partial charge on any atom is -0.460 e. The summed E-state index contributed by atoms with van der Waals surface area (Å²) >= 11 is 12.2. The number of rotatable bonds is 4. The molecule has 1 saturated carbocycles. The van der Waals surface area contributed by atoms with Crippen LogP contribution in [0.2, 0.25) is 10.0 Å². The van der Waals surface area contributed by atoms with E-state index in [4.69, 9.17) is 27.6 Å². The topological polar surface area (TPSA) is 25.2 Å². The molecule has 18 heavy (non-hydrogen) atoms. The molecule has 0 saturated heterocycles. The molecule has 1 aromatic carbocycles. The maximum atomic E-state index is 6.17. The maximum Gasteiger partial charge on any atom is 0.135 e. The van der Waals surface area contributed by atoms with Crippen LogP contribution in [0.1, 0.15) is 18.6 Å². The third kappa shape index (κ3) is 2.56. The second kappa shape index (κ2) is 4.96. The van der Waals surface area contributed by atoms with Crippen LogP contribution in [0.4, 0.5) is 0 Å². The van der Waals surface area contributed by atoms with Gasteiger partial charge in [0.05, 0.1) is 16.6 Å². The molecule has 0 atom stereocenters. The number of hydrogen-bond donors (Lipinski definition) is 1. The van der Waals surface area contributed by atoms with Crippen molar-refractivity contribution < 1.29 is 4.42 Å². The molecule has 0 bridgehead atoms. The zero-order chi connectivity index (χ0) is 12.5. The van der Waals surface area contributed by atoms with Crippen molar-refractivity contribution in [3.63, 3.8) is 0 Å². The van der Waals surface area contributed by atoms with Gasteiger partial charge in [0.15, 0.2) is 0 Å². The first kappa shape index (κ1) is 12.1. The monoisotopic (exact) mass is 281 g/mol. The lowest BCUT2D eigenvalue weighted by Crippen LogP contribution is -2.14. The van der Waals surface area contributed by atoms with E-state index in [0.717, 1.165) is 23.6 Å². The van der Waals surface area contributed by atoms with E-state index in [2.05, 4.69) is 5.32 Å². The van der Waals surface area contributed by atoms with Crippen LogP contribution in [0.15, 0.2) is 34.7 Å². The standard InChI is InChI=1S/C14H13Cl2NO/c15-12-3-1-2-11(14(12)16)13-7-6-10(18-13)8-17-9-4-5-9/h1-3,6-7,9,17H,4-5,8H2. The van der Waals surface area contributed by atoms with Crippen molar-refractivity contribution in [2.24, 2.45) is 0 Å². The van der Waals surface area contributed by atoms with Crippen LogP contribution in [0.3, 0.4) is 0 Å². The van der Waals surface area contributed by atoms with Crippen LogP contribution >= 0.6 is 23.2 Å². The zero-order valence-corrected chi connectivity index (χ0v) is 11.3. The molecule has 2 nitrogen and oxygen atoms in total. The Labute approximate surface area is 116 Å². The third-order valence-electron chi connectivity index (χ3n) is 3.02. The minimum atomic E-state index is 0.537. The second-order valence-electron chi connectivity index (χ2n) is 4.52. The van der Waals surface area contributed by atoms with Gasteiger partial charge in [0.1, 0.15) is 11.5 Å². The Morgan fingerprint density at radius 2 is 2.00 bits per heavy atom. The Morgan fingerprint density at radius 3 is 2.78 bits per heavy atom. The molecule has 1 N–H and O–H groups in total. The van der Waals surface area contributed by atoms with E-state index in [1.807, 2.05) is 24.3 Å². The van der Waals surface area contributed by atoms with Crippen molar-refractivity contribution >= 4 is 23.2 Å². The number of hydrogen-bond acceptors (Lipinski definition) is 2. The zero-order valence-electron chi connectivity index (χ0n) is 9.75. The van der Waals surface area contributed by atoms with Crippen LogP contribution in [-0.2, 0) is 6.54 Å². The van der Waals surface area contributed by atoms with Gasteiger partial charge in [0.2, 0.25) is 0 Å². The van der Waals surface area contributed by atoms with E-state index >= 15 is 0 Å². The van der Waals surface area contributed by atoms with Gasteiger partial charge in [-0.05, 0) is 37.1 Å². The summed E-state index contributed by atoms with van der Waals surface area (Å²) in [6, 6.07) is 10.1. The highest BCUT2D eigenvalue weighted by atomic mass is 35.5. The molecular weight excluding hydrogens is 269 g/mol. The van der Waals surface area contributed by atoms with Gasteiger partial charge in [-0.25, -0.2) is 0 Å². The highest BCUT2D eigenvalue weighted by molar-refractivity contribution is 6.43. The summed E-state index contributed by atoms with van der Waals surface area (Å²) in [6.45, 7) is 0.767. The highest BCUT2D eigenvalue weighted by Crippen LogP contribution is 2.34. The lowest BCUT2D eigenvalue weighted by molar-refractivity contribution is 0.492. The van der Waals surface area contributed by atoms with Crippen LogP contribution < -0.4 is 5.32 Å².